The van der Waals surface area contributed by atoms with E-state index in [1.807, 2.05) is 6.07 Å². The minimum atomic E-state index is -0.520. The molecule has 0 aliphatic rings. The van der Waals surface area contributed by atoms with Gasteiger partial charge in [-0.15, -0.1) is 0 Å². The molecule has 0 aromatic carbocycles. The largest absolute Gasteiger partial charge is 0.444 e. The van der Waals surface area contributed by atoms with Gasteiger partial charge < -0.3 is 9.47 Å². The Morgan fingerprint density at radius 2 is 2.18 bits per heavy atom. The zero-order chi connectivity index (χ0) is 12.9. The highest BCUT2D eigenvalue weighted by Crippen LogP contribution is 2.11. The number of methoxy groups -OCH3 is 1. The predicted molar refractivity (Wildman–Crippen MR) is 64.8 cm³/mol. The number of rotatable bonds is 3. The molecule has 94 valence electrons. The van der Waals surface area contributed by atoms with Crippen LogP contribution in [0.1, 0.15) is 26.3 Å². The van der Waals surface area contributed by atoms with Crippen molar-refractivity contribution in [1.29, 1.82) is 0 Å². The molecule has 0 bridgehead atoms. The Hall–Kier alpha value is -1.62. The van der Waals surface area contributed by atoms with Gasteiger partial charge in [0.1, 0.15) is 11.4 Å². The van der Waals surface area contributed by atoms with Crippen LogP contribution in [-0.2, 0) is 16.1 Å². The van der Waals surface area contributed by atoms with Crippen LogP contribution < -0.4 is 5.32 Å². The first kappa shape index (κ1) is 13.4. The SMILES string of the molecule is COCc1ccnc(NC(=O)OC(C)(C)C)c1. The van der Waals surface area contributed by atoms with Crippen molar-refractivity contribution in [3.05, 3.63) is 23.9 Å². The summed E-state index contributed by atoms with van der Waals surface area (Å²) in [5, 5.41) is 2.57. The number of hydrogen-bond acceptors (Lipinski definition) is 4. The van der Waals surface area contributed by atoms with Gasteiger partial charge in [-0.1, -0.05) is 0 Å². The summed E-state index contributed by atoms with van der Waals surface area (Å²) in [7, 11) is 1.61. The zero-order valence-electron chi connectivity index (χ0n) is 10.6. The van der Waals surface area contributed by atoms with Crippen LogP contribution in [0, 0.1) is 0 Å². The molecule has 5 heteroatoms. The van der Waals surface area contributed by atoms with E-state index in [0.29, 0.717) is 12.4 Å². The highest BCUT2D eigenvalue weighted by atomic mass is 16.6. The van der Waals surface area contributed by atoms with Crippen molar-refractivity contribution >= 4 is 11.9 Å². The first-order chi connectivity index (χ1) is 7.90. The number of amides is 1. The normalized spacial score (nSPS) is 11.1. The maximum atomic E-state index is 11.5. The minimum Gasteiger partial charge on any atom is -0.444 e. The fourth-order valence-electron chi connectivity index (χ4n) is 1.21. The molecule has 17 heavy (non-hydrogen) atoms. The Kier molecular flexibility index (Phi) is 4.45. The molecular weight excluding hydrogens is 220 g/mol. The molecule has 0 saturated heterocycles. The van der Waals surface area contributed by atoms with Gasteiger partial charge in [0.25, 0.3) is 0 Å². The van der Waals surface area contributed by atoms with E-state index in [0.717, 1.165) is 5.56 Å². The van der Waals surface area contributed by atoms with Crippen molar-refractivity contribution in [1.82, 2.24) is 4.98 Å². The lowest BCUT2D eigenvalue weighted by Crippen LogP contribution is -2.27. The first-order valence-electron chi connectivity index (χ1n) is 5.34. The molecule has 1 amide bonds. The Morgan fingerprint density at radius 1 is 1.47 bits per heavy atom. The molecule has 0 radical (unpaired) electrons. The fourth-order valence-corrected chi connectivity index (χ4v) is 1.21. The molecule has 1 rings (SSSR count). The summed E-state index contributed by atoms with van der Waals surface area (Å²) >= 11 is 0. The molecule has 0 atom stereocenters. The van der Waals surface area contributed by atoms with Crippen molar-refractivity contribution in [3.8, 4) is 0 Å². The second-order valence-corrected chi connectivity index (χ2v) is 4.61. The molecule has 0 fully saturated rings. The van der Waals surface area contributed by atoms with Gasteiger partial charge in [0.2, 0.25) is 0 Å². The Morgan fingerprint density at radius 3 is 2.76 bits per heavy atom. The molecule has 0 aliphatic carbocycles. The average Bonchev–Trinajstić information content (AvgIpc) is 2.15. The maximum Gasteiger partial charge on any atom is 0.413 e. The summed E-state index contributed by atoms with van der Waals surface area (Å²) < 4.78 is 10.1. The summed E-state index contributed by atoms with van der Waals surface area (Å²) in [5.74, 6) is 0.453. The van der Waals surface area contributed by atoms with Gasteiger partial charge in [-0.3, -0.25) is 5.32 Å². The van der Waals surface area contributed by atoms with Gasteiger partial charge in [-0.25, -0.2) is 9.78 Å². The molecule has 0 spiro atoms. The van der Waals surface area contributed by atoms with Crippen LogP contribution in [0.5, 0.6) is 0 Å². The molecule has 1 heterocycles. The third-order valence-corrected chi connectivity index (χ3v) is 1.76. The van der Waals surface area contributed by atoms with Crippen molar-refractivity contribution in [2.24, 2.45) is 0 Å². The molecule has 1 aromatic rings. The summed E-state index contributed by atoms with van der Waals surface area (Å²) in [6.07, 6.45) is 1.10. The number of aromatic nitrogens is 1. The average molecular weight is 238 g/mol. The van der Waals surface area contributed by atoms with Gasteiger partial charge in [0.05, 0.1) is 6.61 Å². The van der Waals surface area contributed by atoms with Crippen LogP contribution in [0.4, 0.5) is 10.6 Å². The Labute approximate surface area is 101 Å². The van der Waals surface area contributed by atoms with Crippen molar-refractivity contribution < 1.29 is 14.3 Å². The van der Waals surface area contributed by atoms with E-state index in [1.165, 1.54) is 0 Å². The van der Waals surface area contributed by atoms with Gasteiger partial charge in [-0.05, 0) is 38.5 Å². The maximum absolute atomic E-state index is 11.5. The fraction of sp³-hybridized carbons (Fsp3) is 0.500. The number of nitrogens with one attached hydrogen (secondary N) is 1. The Balaban J connectivity index is 2.62. The lowest BCUT2D eigenvalue weighted by molar-refractivity contribution is 0.0635. The van der Waals surface area contributed by atoms with Crippen LogP contribution in [0.25, 0.3) is 0 Å². The van der Waals surface area contributed by atoms with E-state index in [4.69, 9.17) is 9.47 Å². The number of nitrogens with zero attached hydrogens (tertiary/aromatic N) is 1. The topological polar surface area (TPSA) is 60.5 Å². The van der Waals surface area contributed by atoms with Gasteiger partial charge in [-0.2, -0.15) is 0 Å². The second kappa shape index (κ2) is 5.63. The van der Waals surface area contributed by atoms with Crippen LogP contribution in [0.2, 0.25) is 0 Å². The van der Waals surface area contributed by atoms with E-state index < -0.39 is 11.7 Å². The number of hydrogen-bond donors (Lipinski definition) is 1. The molecule has 0 aliphatic heterocycles. The van der Waals surface area contributed by atoms with Crippen LogP contribution in [-0.4, -0.2) is 23.8 Å². The van der Waals surface area contributed by atoms with E-state index >= 15 is 0 Å². The predicted octanol–water partition coefficient (Wildman–Crippen LogP) is 2.58. The molecule has 0 saturated carbocycles. The number of carbonyl (C=O) groups is 1. The van der Waals surface area contributed by atoms with Crippen molar-refractivity contribution in [3.63, 3.8) is 0 Å². The zero-order valence-corrected chi connectivity index (χ0v) is 10.6. The Bertz CT molecular complexity index is 386. The van der Waals surface area contributed by atoms with Crippen LogP contribution in [0.3, 0.4) is 0 Å². The van der Waals surface area contributed by atoms with Gasteiger partial charge in [0.15, 0.2) is 0 Å². The molecule has 5 nitrogen and oxygen atoms in total. The molecular formula is C12H18N2O3. The molecule has 1 aromatic heterocycles. The highest BCUT2D eigenvalue weighted by Gasteiger charge is 2.16. The summed E-state index contributed by atoms with van der Waals surface area (Å²) in [6.45, 7) is 5.90. The van der Waals surface area contributed by atoms with Gasteiger partial charge >= 0.3 is 6.09 Å². The van der Waals surface area contributed by atoms with Crippen LogP contribution in [0.15, 0.2) is 18.3 Å². The van der Waals surface area contributed by atoms with E-state index in [-0.39, 0.29) is 0 Å². The number of carbonyl (C=O) groups excluding carboxylic acids is 1. The number of anilines is 1. The van der Waals surface area contributed by atoms with Crippen LogP contribution >= 0.6 is 0 Å². The highest BCUT2D eigenvalue weighted by molar-refractivity contribution is 5.83. The van der Waals surface area contributed by atoms with E-state index in [1.54, 1.807) is 40.1 Å². The third kappa shape index (κ3) is 5.31. The molecule has 1 N–H and O–H groups in total. The van der Waals surface area contributed by atoms with Crippen molar-refractivity contribution in [2.75, 3.05) is 12.4 Å². The number of pyridine rings is 1. The summed E-state index contributed by atoms with van der Waals surface area (Å²) in [4.78, 5) is 15.5. The first-order valence-corrected chi connectivity index (χ1v) is 5.34. The van der Waals surface area contributed by atoms with E-state index in [9.17, 15) is 4.79 Å². The quantitative estimate of drug-likeness (QED) is 0.879. The van der Waals surface area contributed by atoms with Gasteiger partial charge in [0, 0.05) is 13.3 Å². The lowest BCUT2D eigenvalue weighted by atomic mass is 10.2. The monoisotopic (exact) mass is 238 g/mol. The standard InChI is InChI=1S/C12H18N2O3/c1-12(2,3)17-11(15)14-10-7-9(8-16-4)5-6-13-10/h5-7H,8H2,1-4H3,(H,13,14,15). The summed E-state index contributed by atoms with van der Waals surface area (Å²) in [6, 6.07) is 3.57. The van der Waals surface area contributed by atoms with E-state index in [2.05, 4.69) is 10.3 Å². The minimum absolute atomic E-state index is 0.453. The van der Waals surface area contributed by atoms with Crippen molar-refractivity contribution in [2.45, 2.75) is 33.0 Å². The summed E-state index contributed by atoms with van der Waals surface area (Å²) in [5.41, 5.74) is 0.419. The number of ether oxygens (including phenoxy) is 2. The third-order valence-electron chi connectivity index (χ3n) is 1.76. The smallest absolute Gasteiger partial charge is 0.413 e. The lowest BCUT2D eigenvalue weighted by Gasteiger charge is -2.19. The molecule has 0 unspecified atom stereocenters. The second-order valence-electron chi connectivity index (χ2n) is 4.61.